The lowest BCUT2D eigenvalue weighted by atomic mass is 10.1. The molecule has 1 aliphatic rings. The van der Waals surface area contributed by atoms with Crippen molar-refractivity contribution in [3.8, 4) is 11.5 Å². The lowest BCUT2D eigenvalue weighted by molar-refractivity contribution is -0.128. The molecule has 5 nitrogen and oxygen atoms in total. The molecule has 1 N–H and O–H groups in total. The van der Waals surface area contributed by atoms with Gasteiger partial charge < -0.3 is 19.7 Å². The lowest BCUT2D eigenvalue weighted by Gasteiger charge is -2.13. The number of nitrogens with one attached hydrogen (secondary N) is 1. The fourth-order valence-electron chi connectivity index (χ4n) is 2.45. The van der Waals surface area contributed by atoms with Crippen molar-refractivity contribution in [2.45, 2.75) is 32.4 Å². The second kappa shape index (κ2) is 6.80. The quantitative estimate of drug-likeness (QED) is 0.809. The summed E-state index contributed by atoms with van der Waals surface area (Å²) in [6.07, 6.45) is 1.65. The van der Waals surface area contributed by atoms with Crippen LogP contribution in [0.15, 0.2) is 12.1 Å². The molecule has 0 saturated carbocycles. The fourth-order valence-corrected chi connectivity index (χ4v) is 2.45. The van der Waals surface area contributed by atoms with Gasteiger partial charge in [0.1, 0.15) is 17.6 Å². The van der Waals surface area contributed by atoms with Gasteiger partial charge in [-0.25, -0.2) is 0 Å². The van der Waals surface area contributed by atoms with Crippen molar-refractivity contribution < 1.29 is 14.3 Å². The number of hydrogen-bond acceptors (Lipinski definition) is 4. The molecule has 1 aromatic rings. The molecule has 1 aliphatic heterocycles. The van der Waals surface area contributed by atoms with E-state index >= 15 is 0 Å². The molecule has 116 valence electrons. The van der Waals surface area contributed by atoms with Crippen molar-refractivity contribution in [3.05, 3.63) is 23.3 Å². The molecule has 5 heteroatoms. The number of methoxy groups -OCH3 is 1. The molecule has 1 amide bonds. The second-order valence-electron chi connectivity index (χ2n) is 5.62. The molecule has 1 aromatic carbocycles. The van der Waals surface area contributed by atoms with Crippen LogP contribution < -0.4 is 14.8 Å². The number of carbonyl (C=O) groups is 1. The van der Waals surface area contributed by atoms with Crippen LogP contribution in [0.1, 0.15) is 24.5 Å². The molecule has 1 unspecified atom stereocenters. The van der Waals surface area contributed by atoms with Gasteiger partial charge >= 0.3 is 0 Å². The number of benzene rings is 1. The predicted octanol–water partition coefficient (Wildman–Crippen LogP) is 1.59. The average Bonchev–Trinajstić information content (AvgIpc) is 2.81. The summed E-state index contributed by atoms with van der Waals surface area (Å²) in [6, 6.07) is 4.10. The Morgan fingerprint density at radius 2 is 2.24 bits per heavy atom. The molecule has 0 aliphatic carbocycles. The van der Waals surface area contributed by atoms with Crippen molar-refractivity contribution in [2.24, 2.45) is 0 Å². The summed E-state index contributed by atoms with van der Waals surface area (Å²) in [6.45, 7) is 3.38. The van der Waals surface area contributed by atoms with Gasteiger partial charge in [0.05, 0.1) is 7.11 Å². The Balaban J connectivity index is 1.94. The molecular weight excluding hydrogens is 268 g/mol. The Morgan fingerprint density at radius 3 is 2.90 bits per heavy atom. The number of ether oxygens (including phenoxy) is 2. The standard InChI is InChI=1S/C16H24N2O3/c1-11-7-12-8-14(20-4)13(9-15(12)21-11)10-17-6-5-16(19)18(2)3/h8-9,11,17H,5-7,10H2,1-4H3. The zero-order chi connectivity index (χ0) is 15.4. The minimum Gasteiger partial charge on any atom is -0.496 e. The van der Waals surface area contributed by atoms with E-state index in [1.807, 2.05) is 6.07 Å². The summed E-state index contributed by atoms with van der Waals surface area (Å²) in [4.78, 5) is 13.1. The summed E-state index contributed by atoms with van der Waals surface area (Å²) in [5.74, 6) is 1.95. The Labute approximate surface area is 126 Å². The van der Waals surface area contributed by atoms with Crippen molar-refractivity contribution in [3.63, 3.8) is 0 Å². The topological polar surface area (TPSA) is 50.8 Å². The van der Waals surface area contributed by atoms with Gasteiger partial charge in [0.15, 0.2) is 0 Å². The van der Waals surface area contributed by atoms with Crippen molar-refractivity contribution in [1.82, 2.24) is 10.2 Å². The predicted molar refractivity (Wildman–Crippen MR) is 81.8 cm³/mol. The molecule has 21 heavy (non-hydrogen) atoms. The minimum atomic E-state index is 0.126. The third-order valence-electron chi connectivity index (χ3n) is 3.63. The summed E-state index contributed by atoms with van der Waals surface area (Å²) in [5.41, 5.74) is 2.26. The largest absolute Gasteiger partial charge is 0.496 e. The molecule has 2 rings (SSSR count). The zero-order valence-corrected chi connectivity index (χ0v) is 13.2. The highest BCUT2D eigenvalue weighted by atomic mass is 16.5. The van der Waals surface area contributed by atoms with Crippen LogP contribution in [0.3, 0.4) is 0 Å². The molecule has 0 saturated heterocycles. The third-order valence-corrected chi connectivity index (χ3v) is 3.63. The van der Waals surface area contributed by atoms with Crippen LogP contribution in [0.2, 0.25) is 0 Å². The van der Waals surface area contributed by atoms with Gasteiger partial charge in [-0.3, -0.25) is 4.79 Å². The average molecular weight is 292 g/mol. The minimum absolute atomic E-state index is 0.126. The lowest BCUT2D eigenvalue weighted by Crippen LogP contribution is -2.26. The number of carbonyl (C=O) groups excluding carboxylic acids is 1. The van der Waals surface area contributed by atoms with E-state index in [-0.39, 0.29) is 12.0 Å². The van der Waals surface area contributed by atoms with E-state index in [0.29, 0.717) is 19.5 Å². The first-order valence-corrected chi connectivity index (χ1v) is 7.28. The first-order chi connectivity index (χ1) is 10.0. The van der Waals surface area contributed by atoms with Gasteiger partial charge in [0.25, 0.3) is 0 Å². The molecule has 0 spiro atoms. The molecular formula is C16H24N2O3. The Kier molecular flexibility index (Phi) is 5.07. The number of fused-ring (bicyclic) bond motifs is 1. The van der Waals surface area contributed by atoms with Gasteiger partial charge in [-0.15, -0.1) is 0 Å². The van der Waals surface area contributed by atoms with E-state index in [1.54, 1.807) is 26.1 Å². The normalized spacial score (nSPS) is 16.3. The number of amides is 1. The van der Waals surface area contributed by atoms with E-state index in [1.165, 1.54) is 5.56 Å². The first-order valence-electron chi connectivity index (χ1n) is 7.28. The van der Waals surface area contributed by atoms with E-state index in [2.05, 4.69) is 18.3 Å². The summed E-state index contributed by atoms with van der Waals surface area (Å²) in [5, 5.41) is 3.28. The van der Waals surface area contributed by atoms with E-state index in [0.717, 1.165) is 23.5 Å². The van der Waals surface area contributed by atoms with Gasteiger partial charge in [-0.1, -0.05) is 0 Å². The van der Waals surface area contributed by atoms with Crippen LogP contribution in [-0.2, 0) is 17.8 Å². The van der Waals surface area contributed by atoms with Gasteiger partial charge in [0, 0.05) is 51.2 Å². The summed E-state index contributed by atoms with van der Waals surface area (Å²) >= 11 is 0. The maximum atomic E-state index is 11.5. The highest BCUT2D eigenvalue weighted by Gasteiger charge is 2.21. The number of hydrogen-bond donors (Lipinski definition) is 1. The van der Waals surface area contributed by atoms with E-state index in [4.69, 9.17) is 9.47 Å². The van der Waals surface area contributed by atoms with Crippen LogP contribution in [-0.4, -0.2) is 44.7 Å². The molecule has 1 atom stereocenters. The first kappa shape index (κ1) is 15.6. The molecule has 0 bridgehead atoms. The highest BCUT2D eigenvalue weighted by molar-refractivity contribution is 5.75. The van der Waals surface area contributed by atoms with E-state index < -0.39 is 0 Å². The SMILES string of the molecule is COc1cc2c(cc1CNCCC(=O)N(C)C)OC(C)C2. The molecule has 0 radical (unpaired) electrons. The number of nitrogens with zero attached hydrogens (tertiary/aromatic N) is 1. The smallest absolute Gasteiger partial charge is 0.223 e. The molecule has 1 heterocycles. The second-order valence-corrected chi connectivity index (χ2v) is 5.62. The van der Waals surface area contributed by atoms with Gasteiger partial charge in [-0.05, 0) is 19.1 Å². The van der Waals surface area contributed by atoms with E-state index in [9.17, 15) is 4.79 Å². The molecule has 0 aromatic heterocycles. The monoisotopic (exact) mass is 292 g/mol. The van der Waals surface area contributed by atoms with Crippen molar-refractivity contribution >= 4 is 5.91 Å². The van der Waals surface area contributed by atoms with Crippen LogP contribution in [0.4, 0.5) is 0 Å². The molecule has 0 fully saturated rings. The van der Waals surface area contributed by atoms with Crippen LogP contribution in [0.5, 0.6) is 11.5 Å². The maximum absolute atomic E-state index is 11.5. The van der Waals surface area contributed by atoms with Crippen molar-refractivity contribution in [1.29, 1.82) is 0 Å². The van der Waals surface area contributed by atoms with Gasteiger partial charge in [-0.2, -0.15) is 0 Å². The third kappa shape index (κ3) is 3.88. The zero-order valence-electron chi connectivity index (χ0n) is 13.2. The summed E-state index contributed by atoms with van der Waals surface area (Å²) in [7, 11) is 5.22. The van der Waals surface area contributed by atoms with Crippen molar-refractivity contribution in [2.75, 3.05) is 27.7 Å². The highest BCUT2D eigenvalue weighted by Crippen LogP contribution is 2.34. The van der Waals surface area contributed by atoms with Crippen LogP contribution in [0, 0.1) is 0 Å². The summed E-state index contributed by atoms with van der Waals surface area (Å²) < 4.78 is 11.2. The van der Waals surface area contributed by atoms with Gasteiger partial charge in [0.2, 0.25) is 5.91 Å². The van der Waals surface area contributed by atoms with Crippen LogP contribution in [0.25, 0.3) is 0 Å². The fraction of sp³-hybridized carbons (Fsp3) is 0.562. The Hall–Kier alpha value is -1.75. The Bertz CT molecular complexity index is 514. The Morgan fingerprint density at radius 1 is 1.48 bits per heavy atom. The van der Waals surface area contributed by atoms with Crippen LogP contribution >= 0.6 is 0 Å². The maximum Gasteiger partial charge on any atom is 0.223 e. The number of rotatable bonds is 6.